The van der Waals surface area contributed by atoms with E-state index in [1.54, 1.807) is 6.26 Å². The molecule has 0 saturated carbocycles. The van der Waals surface area contributed by atoms with Crippen LogP contribution in [0, 0.1) is 0 Å². The fourth-order valence-corrected chi connectivity index (χ4v) is 1.93. The maximum atomic E-state index is 5.34. The van der Waals surface area contributed by atoms with E-state index in [0.717, 1.165) is 19.0 Å². The fourth-order valence-electron chi connectivity index (χ4n) is 1.93. The molecule has 17 heavy (non-hydrogen) atoms. The van der Waals surface area contributed by atoms with Crippen molar-refractivity contribution in [3.05, 3.63) is 12.0 Å². The van der Waals surface area contributed by atoms with Gasteiger partial charge in [0, 0.05) is 0 Å². The molecule has 0 spiro atoms. The summed E-state index contributed by atoms with van der Waals surface area (Å²) in [5.74, 6) is 0.997. The van der Waals surface area contributed by atoms with Crippen LogP contribution in [0.5, 0.6) is 0 Å². The van der Waals surface area contributed by atoms with Gasteiger partial charge >= 0.3 is 0 Å². The summed E-state index contributed by atoms with van der Waals surface area (Å²) in [6, 6.07) is 0. The van der Waals surface area contributed by atoms with Gasteiger partial charge in [-0.25, -0.2) is 0 Å². The van der Waals surface area contributed by atoms with Crippen molar-refractivity contribution in [3.63, 3.8) is 0 Å². The first kappa shape index (κ1) is 14.4. The van der Waals surface area contributed by atoms with Crippen LogP contribution in [0.2, 0.25) is 0 Å². The summed E-state index contributed by atoms with van der Waals surface area (Å²) in [6.07, 6.45) is 15.5. The molecule has 2 nitrogen and oxygen atoms in total. The van der Waals surface area contributed by atoms with Crippen molar-refractivity contribution >= 4 is 0 Å². The fraction of sp³-hybridized carbons (Fsp3) is 0.867. The number of hydrogen-bond acceptors (Lipinski definition) is 2. The van der Waals surface area contributed by atoms with Crippen molar-refractivity contribution in [2.24, 2.45) is 0 Å². The molecule has 2 heteroatoms. The Balaban J connectivity index is 1.65. The molecule has 1 rings (SSSR count). The average molecular weight is 240 g/mol. The molecule has 1 heterocycles. The second-order valence-corrected chi connectivity index (χ2v) is 4.93. The summed E-state index contributed by atoms with van der Waals surface area (Å²) < 4.78 is 10.3. The lowest BCUT2D eigenvalue weighted by atomic mass is 10.1. The zero-order valence-electron chi connectivity index (χ0n) is 11.4. The molecule has 0 amide bonds. The lowest BCUT2D eigenvalue weighted by Crippen LogP contribution is -1.88. The summed E-state index contributed by atoms with van der Waals surface area (Å²) in [4.78, 5) is 0. The van der Waals surface area contributed by atoms with Crippen LogP contribution in [-0.4, -0.2) is 13.2 Å². The van der Waals surface area contributed by atoms with Crippen LogP contribution in [0.4, 0.5) is 0 Å². The number of unbranched alkanes of at least 4 members (excludes halogenated alkanes) is 9. The summed E-state index contributed by atoms with van der Waals surface area (Å²) in [7, 11) is 0. The van der Waals surface area contributed by atoms with Gasteiger partial charge in [-0.3, -0.25) is 0 Å². The number of ether oxygens (including phenoxy) is 2. The predicted molar refractivity (Wildman–Crippen MR) is 71.8 cm³/mol. The first-order chi connectivity index (χ1) is 8.43. The Kier molecular flexibility index (Phi) is 8.89. The summed E-state index contributed by atoms with van der Waals surface area (Å²) in [6.45, 7) is 3.90. The lowest BCUT2D eigenvalue weighted by molar-refractivity contribution is 0.235. The minimum Gasteiger partial charge on any atom is -0.498 e. The van der Waals surface area contributed by atoms with E-state index in [-0.39, 0.29) is 0 Å². The Morgan fingerprint density at radius 1 is 0.941 bits per heavy atom. The predicted octanol–water partition coefficient (Wildman–Crippen LogP) is 4.80. The zero-order valence-corrected chi connectivity index (χ0v) is 11.4. The van der Waals surface area contributed by atoms with Gasteiger partial charge in [-0.2, -0.15) is 0 Å². The van der Waals surface area contributed by atoms with Gasteiger partial charge in [0.15, 0.2) is 5.76 Å². The van der Waals surface area contributed by atoms with Crippen molar-refractivity contribution in [1.29, 1.82) is 0 Å². The first-order valence-corrected chi connectivity index (χ1v) is 7.37. The minimum absolute atomic E-state index is 0.776. The normalized spacial score (nSPS) is 15.9. The van der Waals surface area contributed by atoms with Crippen molar-refractivity contribution < 1.29 is 9.47 Å². The van der Waals surface area contributed by atoms with Crippen LogP contribution in [0.3, 0.4) is 0 Å². The molecule has 1 aliphatic rings. The van der Waals surface area contributed by atoms with Crippen molar-refractivity contribution in [2.75, 3.05) is 13.2 Å². The molecule has 0 aromatic heterocycles. The lowest BCUT2D eigenvalue weighted by Gasteiger charge is -2.02. The van der Waals surface area contributed by atoms with Gasteiger partial charge in [0.25, 0.3) is 0 Å². The van der Waals surface area contributed by atoms with Gasteiger partial charge in [-0.15, -0.1) is 0 Å². The van der Waals surface area contributed by atoms with Gasteiger partial charge in [0.05, 0.1) is 6.61 Å². The van der Waals surface area contributed by atoms with Crippen molar-refractivity contribution in [3.8, 4) is 0 Å². The van der Waals surface area contributed by atoms with E-state index in [1.165, 1.54) is 64.2 Å². The van der Waals surface area contributed by atoms with E-state index in [2.05, 4.69) is 6.92 Å². The second kappa shape index (κ2) is 10.5. The molecule has 0 unspecified atom stereocenters. The standard InChI is InChI=1S/C15H28O2/c1-2-3-4-5-6-7-8-9-10-11-12-16-13-15-14-17-15/h13H,2-12,14H2,1H3/b15-13+. The summed E-state index contributed by atoms with van der Waals surface area (Å²) in [5.41, 5.74) is 0. The van der Waals surface area contributed by atoms with Crippen LogP contribution in [0.15, 0.2) is 12.0 Å². The van der Waals surface area contributed by atoms with Gasteiger partial charge in [-0.05, 0) is 6.42 Å². The highest BCUT2D eigenvalue weighted by Crippen LogP contribution is 2.14. The molecule has 1 saturated heterocycles. The SMILES string of the molecule is CCCCCCCCCCCCO/C=C1\CO1. The molecular formula is C15H28O2. The van der Waals surface area contributed by atoms with E-state index < -0.39 is 0 Å². The summed E-state index contributed by atoms with van der Waals surface area (Å²) >= 11 is 0. The topological polar surface area (TPSA) is 21.8 Å². The van der Waals surface area contributed by atoms with Crippen molar-refractivity contribution in [2.45, 2.75) is 71.1 Å². The third kappa shape index (κ3) is 10.2. The maximum absolute atomic E-state index is 5.34. The van der Waals surface area contributed by atoms with Crippen LogP contribution in [-0.2, 0) is 9.47 Å². The Hall–Kier alpha value is -0.660. The Morgan fingerprint density at radius 2 is 1.47 bits per heavy atom. The van der Waals surface area contributed by atoms with Crippen molar-refractivity contribution in [1.82, 2.24) is 0 Å². The molecule has 0 N–H and O–H groups in total. The van der Waals surface area contributed by atoms with Crippen LogP contribution >= 0.6 is 0 Å². The number of hydrogen-bond donors (Lipinski definition) is 0. The number of rotatable bonds is 12. The number of epoxide rings is 1. The smallest absolute Gasteiger partial charge is 0.168 e. The minimum atomic E-state index is 0.776. The molecular weight excluding hydrogens is 212 g/mol. The van der Waals surface area contributed by atoms with Crippen LogP contribution in [0.1, 0.15) is 71.1 Å². The second-order valence-electron chi connectivity index (χ2n) is 4.93. The van der Waals surface area contributed by atoms with Crippen LogP contribution < -0.4 is 0 Å². The Morgan fingerprint density at radius 3 is 2.00 bits per heavy atom. The molecule has 0 radical (unpaired) electrons. The highest BCUT2D eigenvalue weighted by atomic mass is 16.6. The quantitative estimate of drug-likeness (QED) is 0.278. The third-order valence-corrected chi connectivity index (χ3v) is 3.14. The maximum Gasteiger partial charge on any atom is 0.168 e. The highest BCUT2D eigenvalue weighted by Gasteiger charge is 2.12. The Bertz CT molecular complexity index is 193. The first-order valence-electron chi connectivity index (χ1n) is 7.37. The van der Waals surface area contributed by atoms with E-state index in [4.69, 9.17) is 9.47 Å². The molecule has 0 aliphatic carbocycles. The monoisotopic (exact) mass is 240 g/mol. The zero-order chi connectivity index (χ0) is 12.2. The molecule has 0 aromatic carbocycles. The van der Waals surface area contributed by atoms with Crippen LogP contribution in [0.25, 0.3) is 0 Å². The van der Waals surface area contributed by atoms with E-state index in [1.807, 2.05) is 0 Å². The average Bonchev–Trinajstić information content (AvgIpc) is 3.15. The van der Waals surface area contributed by atoms with Gasteiger partial charge < -0.3 is 9.47 Å². The Labute approximate surface area is 106 Å². The summed E-state index contributed by atoms with van der Waals surface area (Å²) in [5, 5.41) is 0. The molecule has 0 atom stereocenters. The molecule has 100 valence electrons. The van der Waals surface area contributed by atoms with E-state index >= 15 is 0 Å². The third-order valence-electron chi connectivity index (χ3n) is 3.14. The van der Waals surface area contributed by atoms with Gasteiger partial charge in [0.1, 0.15) is 12.9 Å². The molecule has 0 bridgehead atoms. The van der Waals surface area contributed by atoms with Gasteiger partial charge in [0.2, 0.25) is 0 Å². The van der Waals surface area contributed by atoms with E-state index in [0.29, 0.717) is 0 Å². The highest BCUT2D eigenvalue weighted by molar-refractivity contribution is 4.99. The molecule has 0 aromatic rings. The molecule has 1 fully saturated rings. The van der Waals surface area contributed by atoms with Gasteiger partial charge in [-0.1, -0.05) is 64.7 Å². The van der Waals surface area contributed by atoms with E-state index in [9.17, 15) is 0 Å². The largest absolute Gasteiger partial charge is 0.498 e. The molecule has 1 aliphatic heterocycles.